The smallest absolute Gasteiger partial charge is 0.305 e. The number of nitrogens with one attached hydrogen (secondary N) is 1. The van der Waals surface area contributed by atoms with Crippen molar-refractivity contribution in [1.82, 2.24) is 4.72 Å². The molecule has 1 aliphatic rings. The number of hydrogen-bond donors (Lipinski definition) is 1. The van der Waals surface area contributed by atoms with E-state index in [-0.39, 0.29) is 29.4 Å². The quantitative estimate of drug-likeness (QED) is 0.116. The zero-order valence-electron chi connectivity index (χ0n) is 27.3. The lowest BCUT2D eigenvalue weighted by molar-refractivity contribution is -0.519. The molecule has 0 fully saturated rings. The van der Waals surface area contributed by atoms with Crippen molar-refractivity contribution >= 4 is 43.1 Å². The molecule has 2 aromatic rings. The van der Waals surface area contributed by atoms with Crippen LogP contribution in [0.1, 0.15) is 64.5 Å². The van der Waals surface area contributed by atoms with Crippen LogP contribution in [0.15, 0.2) is 82.1 Å². The van der Waals surface area contributed by atoms with Crippen LogP contribution in [0.25, 0.3) is 5.57 Å². The highest BCUT2D eigenvalue weighted by molar-refractivity contribution is 7.89. The molecule has 0 amide bonds. The maximum Gasteiger partial charge on any atom is 0.305 e. The molecular formula is C34H45N3O7S2. The first-order valence-corrected chi connectivity index (χ1v) is 18.5. The molecule has 0 radical (unpaired) electrons. The van der Waals surface area contributed by atoms with E-state index in [1.165, 1.54) is 19.2 Å². The second-order valence-corrected chi connectivity index (χ2v) is 13.8. The minimum absolute atomic E-state index is 0.0832. The van der Waals surface area contributed by atoms with Gasteiger partial charge in [-0.05, 0) is 93.7 Å². The minimum Gasteiger partial charge on any atom is -0.744 e. The van der Waals surface area contributed by atoms with Crippen LogP contribution in [-0.2, 0) is 29.7 Å². The van der Waals surface area contributed by atoms with E-state index in [9.17, 15) is 26.2 Å². The molecule has 12 heteroatoms. The highest BCUT2D eigenvalue weighted by Crippen LogP contribution is 2.35. The Labute approximate surface area is 274 Å². The Bertz CT molecular complexity index is 1700. The molecule has 46 heavy (non-hydrogen) atoms. The lowest BCUT2D eigenvalue weighted by Gasteiger charge is -2.23. The van der Waals surface area contributed by atoms with Crippen LogP contribution in [0, 0.1) is 0 Å². The highest BCUT2D eigenvalue weighted by Gasteiger charge is 2.23. The molecule has 0 bridgehead atoms. The number of ether oxygens (including phenoxy) is 1. The number of unbranched alkanes of at least 4 members (excludes halogenated alkanes) is 2. The van der Waals surface area contributed by atoms with E-state index in [1.807, 2.05) is 48.6 Å². The van der Waals surface area contributed by atoms with Crippen LogP contribution in [0.5, 0.6) is 0 Å². The zero-order chi connectivity index (χ0) is 33.9. The van der Waals surface area contributed by atoms with E-state index in [0.29, 0.717) is 36.0 Å². The van der Waals surface area contributed by atoms with Gasteiger partial charge in [-0.15, -0.1) is 0 Å². The second kappa shape index (κ2) is 16.8. The molecule has 250 valence electrons. The first kappa shape index (κ1) is 36.9. The SMILES string of the molecule is CCN(CC)c1ccc(C(=C2C=CC(=[N+](CC)CC)C=C2)c2ccc(S(=O)(=O)NCCCCCC(=O)OC)cc2S(=O)(=O)[O-])cc1. The first-order chi connectivity index (χ1) is 21.9. The van der Waals surface area contributed by atoms with Gasteiger partial charge in [0.2, 0.25) is 10.0 Å². The highest BCUT2D eigenvalue weighted by atomic mass is 32.2. The molecule has 3 rings (SSSR count). The molecule has 0 saturated heterocycles. The Balaban J connectivity index is 2.09. The largest absolute Gasteiger partial charge is 0.744 e. The zero-order valence-corrected chi connectivity index (χ0v) is 28.9. The summed E-state index contributed by atoms with van der Waals surface area (Å²) < 4.78 is 73.7. The van der Waals surface area contributed by atoms with Gasteiger partial charge in [-0.25, -0.2) is 26.1 Å². The minimum atomic E-state index is -5.10. The Morgan fingerprint density at radius 1 is 0.870 bits per heavy atom. The van der Waals surface area contributed by atoms with Gasteiger partial charge < -0.3 is 14.2 Å². The van der Waals surface area contributed by atoms with E-state index in [4.69, 9.17) is 0 Å². The lowest BCUT2D eigenvalue weighted by atomic mass is 9.90. The number of nitrogens with zero attached hydrogens (tertiary/aromatic N) is 2. The first-order valence-electron chi connectivity index (χ1n) is 15.6. The summed E-state index contributed by atoms with van der Waals surface area (Å²) in [5, 5.41) is 0. The molecule has 0 aliphatic heterocycles. The summed E-state index contributed by atoms with van der Waals surface area (Å²) in [7, 11) is -7.92. The molecule has 0 aromatic heterocycles. The van der Waals surface area contributed by atoms with Crippen molar-refractivity contribution in [2.24, 2.45) is 0 Å². The average molecular weight is 672 g/mol. The maximum absolute atomic E-state index is 13.1. The van der Waals surface area contributed by atoms with Gasteiger partial charge in [0.15, 0.2) is 5.71 Å². The van der Waals surface area contributed by atoms with E-state index >= 15 is 0 Å². The van der Waals surface area contributed by atoms with Crippen LogP contribution < -0.4 is 9.62 Å². The number of allylic oxidation sites excluding steroid dienone is 5. The summed E-state index contributed by atoms with van der Waals surface area (Å²) in [6, 6.07) is 11.3. The Kier molecular flexibility index (Phi) is 13.5. The summed E-state index contributed by atoms with van der Waals surface area (Å²) in [6.45, 7) is 11.6. The van der Waals surface area contributed by atoms with Gasteiger partial charge >= 0.3 is 5.97 Å². The number of benzene rings is 2. The van der Waals surface area contributed by atoms with Crippen molar-refractivity contribution in [3.8, 4) is 0 Å². The summed E-state index contributed by atoms with van der Waals surface area (Å²) in [5.74, 6) is -0.331. The summed E-state index contributed by atoms with van der Waals surface area (Å²) in [5.41, 5.74) is 3.96. The maximum atomic E-state index is 13.1. The average Bonchev–Trinajstić information content (AvgIpc) is 3.04. The van der Waals surface area contributed by atoms with Crippen LogP contribution in [0.4, 0.5) is 5.69 Å². The Hall–Kier alpha value is -3.58. The summed E-state index contributed by atoms with van der Waals surface area (Å²) in [4.78, 5) is 12.5. The third-order valence-electron chi connectivity index (χ3n) is 7.95. The molecule has 1 N–H and O–H groups in total. The number of methoxy groups -OCH3 is 1. The molecular weight excluding hydrogens is 627 g/mol. The van der Waals surface area contributed by atoms with Gasteiger partial charge in [-0.1, -0.05) is 24.6 Å². The predicted octanol–water partition coefficient (Wildman–Crippen LogP) is 4.87. The second-order valence-electron chi connectivity index (χ2n) is 10.7. The Morgan fingerprint density at radius 3 is 2.04 bits per heavy atom. The fourth-order valence-corrected chi connectivity index (χ4v) is 7.26. The molecule has 0 saturated carbocycles. The number of esters is 1. The summed E-state index contributed by atoms with van der Waals surface area (Å²) in [6.07, 6.45) is 9.51. The van der Waals surface area contributed by atoms with Crippen molar-refractivity contribution < 1.29 is 35.5 Å². The number of anilines is 1. The lowest BCUT2D eigenvalue weighted by Crippen LogP contribution is -2.25. The number of rotatable bonds is 16. The third-order valence-corrected chi connectivity index (χ3v) is 10.3. The molecule has 0 unspecified atom stereocenters. The van der Waals surface area contributed by atoms with Crippen LogP contribution in [0.3, 0.4) is 0 Å². The fourth-order valence-electron chi connectivity index (χ4n) is 5.38. The van der Waals surface area contributed by atoms with Crippen molar-refractivity contribution in [2.45, 2.75) is 63.2 Å². The number of sulfonamides is 1. The molecule has 10 nitrogen and oxygen atoms in total. The van der Waals surface area contributed by atoms with Gasteiger partial charge in [-0.3, -0.25) is 4.79 Å². The van der Waals surface area contributed by atoms with E-state index in [1.54, 1.807) is 0 Å². The Morgan fingerprint density at radius 2 is 1.50 bits per heavy atom. The van der Waals surface area contributed by atoms with Gasteiger partial charge in [0.05, 0.1) is 16.9 Å². The van der Waals surface area contributed by atoms with Gasteiger partial charge in [0.1, 0.15) is 23.2 Å². The predicted molar refractivity (Wildman–Crippen MR) is 181 cm³/mol. The molecule has 0 spiro atoms. The normalized spacial score (nSPS) is 13.2. The van der Waals surface area contributed by atoms with E-state index in [0.717, 1.165) is 43.6 Å². The van der Waals surface area contributed by atoms with Crippen LogP contribution in [0.2, 0.25) is 0 Å². The molecule has 0 atom stereocenters. The molecule has 1 aliphatic carbocycles. The van der Waals surface area contributed by atoms with Gasteiger partial charge in [-0.2, -0.15) is 0 Å². The van der Waals surface area contributed by atoms with Gasteiger partial charge in [0, 0.05) is 49.5 Å². The monoisotopic (exact) mass is 671 g/mol. The molecule has 0 heterocycles. The number of hydrogen-bond acceptors (Lipinski definition) is 8. The van der Waals surface area contributed by atoms with Crippen molar-refractivity contribution in [2.75, 3.05) is 44.7 Å². The van der Waals surface area contributed by atoms with E-state index < -0.39 is 25.0 Å². The van der Waals surface area contributed by atoms with Gasteiger partial charge in [0.25, 0.3) is 0 Å². The standard InChI is InChI=1S/C34H45N3O7S2/c1-6-36(7-2)28-18-14-26(15-19-28)34(27-16-20-29(21-17-27)37(8-3)9-4)31-23-22-30(25-32(31)46(41,42)43)45(39,40)35-24-12-10-11-13-33(38)44-5/h14-23,25,35H,6-13,24H2,1-5H3. The van der Waals surface area contributed by atoms with E-state index in [2.05, 4.69) is 46.6 Å². The summed E-state index contributed by atoms with van der Waals surface area (Å²) >= 11 is 0. The van der Waals surface area contributed by atoms with Crippen LogP contribution >= 0.6 is 0 Å². The third kappa shape index (κ3) is 9.47. The van der Waals surface area contributed by atoms with Crippen LogP contribution in [-0.4, -0.2) is 77.5 Å². The van der Waals surface area contributed by atoms with Crippen molar-refractivity contribution in [3.05, 3.63) is 83.5 Å². The topological polar surface area (TPSA) is 136 Å². The fraction of sp³-hybridized carbons (Fsp3) is 0.412. The van der Waals surface area contributed by atoms with Crippen molar-refractivity contribution in [1.29, 1.82) is 0 Å². The molecule has 2 aromatic carbocycles. The number of carbonyl (C=O) groups is 1. The number of carbonyl (C=O) groups excluding carboxylic acids is 1. The van der Waals surface area contributed by atoms with Crippen molar-refractivity contribution in [3.63, 3.8) is 0 Å².